The van der Waals surface area contributed by atoms with Gasteiger partial charge in [-0.15, -0.1) is 0 Å². The third-order valence-corrected chi connectivity index (χ3v) is 6.35. The standard InChI is InChI=1S/C23H25N7OS/c1-32(31)14-16-9-19(6-7-20(16)15-3-2-8-25-12-15)27-21-10-22(28-18-4-5-18)30-23(29-21)17(11-24)13-26-30/h3,6-7,9-10,13,18,25,28H,2,4-5,8,12,14H2,1H3,(H,27,29). The highest BCUT2D eigenvalue weighted by molar-refractivity contribution is 7.89. The zero-order valence-corrected chi connectivity index (χ0v) is 18.7. The Hall–Kier alpha value is -3.06. The van der Waals surface area contributed by atoms with Crippen molar-refractivity contribution in [3.05, 3.63) is 53.2 Å². The van der Waals surface area contributed by atoms with E-state index in [2.05, 4.69) is 44.2 Å². The van der Waals surface area contributed by atoms with Gasteiger partial charge in [-0.05, 0) is 49.1 Å². The first-order valence-corrected chi connectivity index (χ1v) is 12.5. The van der Waals surface area contributed by atoms with E-state index in [0.717, 1.165) is 55.0 Å². The van der Waals surface area contributed by atoms with Crippen LogP contribution in [-0.4, -0.2) is 44.5 Å². The van der Waals surface area contributed by atoms with Crippen molar-refractivity contribution in [3.8, 4) is 6.07 Å². The van der Waals surface area contributed by atoms with Crippen LogP contribution in [0.15, 0.2) is 36.5 Å². The van der Waals surface area contributed by atoms with Crippen LogP contribution in [0.25, 0.3) is 11.2 Å². The van der Waals surface area contributed by atoms with Crippen molar-refractivity contribution in [3.63, 3.8) is 0 Å². The number of nitrogens with zero attached hydrogens (tertiary/aromatic N) is 4. The summed E-state index contributed by atoms with van der Waals surface area (Å²) in [5, 5.41) is 24.0. The van der Waals surface area contributed by atoms with Gasteiger partial charge in [-0.3, -0.25) is 0 Å². The smallest absolute Gasteiger partial charge is 0.177 e. The molecule has 0 radical (unpaired) electrons. The Bertz CT molecular complexity index is 1220. The Kier molecular flexibility index (Phi) is 5.74. The topological polar surface area (TPSA) is 113 Å². The van der Waals surface area contributed by atoms with Gasteiger partial charge in [0.25, 0.3) is 0 Å². The maximum atomic E-state index is 12.1. The Morgan fingerprint density at radius 3 is 2.94 bits per heavy atom. The van der Waals surface area contributed by atoms with E-state index < -0.39 is 11.2 Å². The van der Waals surface area contributed by atoms with Crippen LogP contribution in [0.2, 0.25) is 0 Å². The zero-order valence-electron chi connectivity index (χ0n) is 17.9. The molecule has 2 aromatic heterocycles. The quantitative estimate of drug-likeness (QED) is 0.477. The van der Waals surface area contributed by atoms with Crippen LogP contribution < -0.4 is 16.0 Å². The van der Waals surface area contributed by atoms with Crippen molar-refractivity contribution < 1.29 is 4.55 Å². The van der Waals surface area contributed by atoms with Gasteiger partial charge in [0.05, 0.1) is 12.5 Å². The van der Waals surface area contributed by atoms with Crippen molar-refractivity contribution in [1.82, 2.24) is 19.9 Å². The molecule has 1 aliphatic heterocycles. The lowest BCUT2D eigenvalue weighted by molar-refractivity contribution is 0.600. The number of nitrogens with one attached hydrogen (secondary N) is 3. The van der Waals surface area contributed by atoms with Gasteiger partial charge in [-0.2, -0.15) is 14.9 Å². The highest BCUT2D eigenvalue weighted by Gasteiger charge is 2.23. The molecular weight excluding hydrogens is 422 g/mol. The zero-order chi connectivity index (χ0) is 22.1. The second-order valence-corrected chi connectivity index (χ2v) is 9.70. The van der Waals surface area contributed by atoms with Gasteiger partial charge in [-0.25, -0.2) is 4.98 Å². The predicted octanol–water partition coefficient (Wildman–Crippen LogP) is 3.17. The Morgan fingerprint density at radius 2 is 2.22 bits per heavy atom. The molecule has 1 unspecified atom stereocenters. The Morgan fingerprint density at radius 1 is 1.34 bits per heavy atom. The molecule has 3 aromatic rings. The van der Waals surface area contributed by atoms with Gasteiger partial charge < -0.3 is 20.5 Å². The van der Waals surface area contributed by atoms with Crippen LogP contribution in [0.3, 0.4) is 0 Å². The molecule has 1 aromatic carbocycles. The van der Waals surface area contributed by atoms with Crippen LogP contribution >= 0.6 is 0 Å². The minimum Gasteiger partial charge on any atom is -0.616 e. The molecule has 164 valence electrons. The van der Waals surface area contributed by atoms with Gasteiger partial charge in [0.1, 0.15) is 29.0 Å². The second-order valence-electron chi connectivity index (χ2n) is 8.26. The summed E-state index contributed by atoms with van der Waals surface area (Å²) < 4.78 is 13.7. The highest BCUT2D eigenvalue weighted by Crippen LogP contribution is 2.30. The van der Waals surface area contributed by atoms with Crippen molar-refractivity contribution in [2.45, 2.75) is 31.1 Å². The van der Waals surface area contributed by atoms with Crippen LogP contribution in [0, 0.1) is 11.3 Å². The van der Waals surface area contributed by atoms with Crippen molar-refractivity contribution in [2.24, 2.45) is 0 Å². The number of hydrogen-bond acceptors (Lipinski definition) is 7. The Labute approximate surface area is 189 Å². The molecule has 1 atom stereocenters. The minimum absolute atomic E-state index is 0.432. The molecule has 5 rings (SSSR count). The fraction of sp³-hybridized carbons (Fsp3) is 0.348. The van der Waals surface area contributed by atoms with E-state index in [1.165, 1.54) is 5.57 Å². The average molecular weight is 448 g/mol. The van der Waals surface area contributed by atoms with E-state index >= 15 is 0 Å². The highest BCUT2D eigenvalue weighted by atomic mass is 32.2. The van der Waals surface area contributed by atoms with E-state index in [0.29, 0.717) is 28.8 Å². The predicted molar refractivity (Wildman–Crippen MR) is 127 cm³/mol. The number of anilines is 3. The summed E-state index contributed by atoms with van der Waals surface area (Å²) in [6.45, 7) is 1.81. The monoisotopic (exact) mass is 447 g/mol. The number of aromatic nitrogens is 3. The van der Waals surface area contributed by atoms with Crippen LogP contribution in [0.4, 0.5) is 17.3 Å². The molecule has 0 spiro atoms. The Balaban J connectivity index is 1.50. The number of rotatable bonds is 7. The van der Waals surface area contributed by atoms with Gasteiger partial charge in [0, 0.05) is 29.9 Å². The fourth-order valence-corrected chi connectivity index (χ4v) is 4.64. The molecule has 0 bridgehead atoms. The summed E-state index contributed by atoms with van der Waals surface area (Å²) in [5.74, 6) is 1.93. The number of hydrogen-bond donors (Lipinski definition) is 3. The van der Waals surface area contributed by atoms with E-state index in [1.807, 2.05) is 18.2 Å². The average Bonchev–Trinajstić information content (AvgIpc) is 3.50. The molecule has 3 N–H and O–H groups in total. The van der Waals surface area contributed by atoms with Crippen molar-refractivity contribution >= 4 is 39.7 Å². The first-order chi connectivity index (χ1) is 15.6. The van der Waals surface area contributed by atoms with Gasteiger partial charge in [-0.1, -0.05) is 23.3 Å². The molecule has 9 heteroatoms. The molecule has 8 nitrogen and oxygen atoms in total. The largest absolute Gasteiger partial charge is 0.616 e. The molecule has 32 heavy (non-hydrogen) atoms. The maximum Gasteiger partial charge on any atom is 0.177 e. The number of benzene rings is 1. The lowest BCUT2D eigenvalue weighted by atomic mass is 9.97. The minimum atomic E-state index is -0.956. The lowest BCUT2D eigenvalue weighted by Crippen LogP contribution is -2.22. The van der Waals surface area contributed by atoms with E-state index in [4.69, 9.17) is 0 Å². The van der Waals surface area contributed by atoms with E-state index in [9.17, 15) is 9.81 Å². The first-order valence-electron chi connectivity index (χ1n) is 10.8. The summed E-state index contributed by atoms with van der Waals surface area (Å²) in [4.78, 5) is 4.64. The fourth-order valence-electron chi connectivity index (χ4n) is 3.97. The van der Waals surface area contributed by atoms with Gasteiger partial charge >= 0.3 is 0 Å². The van der Waals surface area contributed by atoms with E-state index in [1.54, 1.807) is 17.0 Å². The summed E-state index contributed by atoms with van der Waals surface area (Å²) >= 11 is -0.956. The van der Waals surface area contributed by atoms with Crippen LogP contribution in [0.1, 0.15) is 36.0 Å². The van der Waals surface area contributed by atoms with Gasteiger partial charge in [0.2, 0.25) is 0 Å². The summed E-state index contributed by atoms with van der Waals surface area (Å²) in [7, 11) is 0. The maximum absolute atomic E-state index is 12.1. The summed E-state index contributed by atoms with van der Waals surface area (Å²) in [6.07, 6.45) is 8.78. The second kappa shape index (κ2) is 8.82. The normalized spacial score (nSPS) is 17.0. The SMILES string of the molecule is C[S+]([O-])Cc1cc(Nc2cc(NC3CC3)n3ncc(C#N)c3n2)ccc1C1=CCCNC1. The number of nitriles is 1. The molecule has 0 amide bonds. The van der Waals surface area contributed by atoms with Crippen LogP contribution in [0.5, 0.6) is 0 Å². The summed E-state index contributed by atoms with van der Waals surface area (Å²) in [5.41, 5.74) is 5.25. The molecule has 1 aliphatic carbocycles. The molecular formula is C23H25N7OS. The molecule has 1 fully saturated rings. The molecule has 3 heterocycles. The third kappa shape index (κ3) is 4.43. The summed E-state index contributed by atoms with van der Waals surface area (Å²) in [6, 6.07) is 10.7. The van der Waals surface area contributed by atoms with Crippen molar-refractivity contribution in [2.75, 3.05) is 30.0 Å². The number of fused-ring (bicyclic) bond motifs is 1. The third-order valence-electron chi connectivity index (χ3n) is 5.63. The van der Waals surface area contributed by atoms with Gasteiger partial charge in [0.15, 0.2) is 5.65 Å². The lowest BCUT2D eigenvalue weighted by Gasteiger charge is -2.19. The van der Waals surface area contributed by atoms with Crippen LogP contribution in [-0.2, 0) is 16.9 Å². The van der Waals surface area contributed by atoms with Crippen molar-refractivity contribution in [1.29, 1.82) is 5.26 Å². The first kappa shape index (κ1) is 20.8. The molecule has 0 saturated heterocycles. The van der Waals surface area contributed by atoms with E-state index in [-0.39, 0.29) is 0 Å². The molecule has 1 saturated carbocycles. The molecule has 2 aliphatic rings.